The van der Waals surface area contributed by atoms with Gasteiger partial charge in [-0.3, -0.25) is 4.79 Å². The predicted molar refractivity (Wildman–Crippen MR) is 121 cm³/mol. The number of benzene rings is 2. The van der Waals surface area contributed by atoms with E-state index in [2.05, 4.69) is 10.4 Å². The molecule has 160 valence electrons. The molecule has 8 heteroatoms. The molecular weight excluding hydrogens is 412 g/mol. The van der Waals surface area contributed by atoms with E-state index in [9.17, 15) is 13.2 Å². The Labute approximate surface area is 181 Å². The molecule has 2 heterocycles. The molecule has 0 saturated heterocycles. The van der Waals surface area contributed by atoms with Crippen molar-refractivity contribution in [1.82, 2.24) is 14.6 Å². The van der Waals surface area contributed by atoms with Gasteiger partial charge in [-0.05, 0) is 62.2 Å². The van der Waals surface area contributed by atoms with Gasteiger partial charge in [0.15, 0.2) is 15.5 Å². The van der Waals surface area contributed by atoms with Gasteiger partial charge >= 0.3 is 0 Å². The second-order valence-corrected chi connectivity index (χ2v) is 9.77. The summed E-state index contributed by atoms with van der Waals surface area (Å²) in [6.45, 7) is 5.55. The molecule has 0 radical (unpaired) electrons. The fourth-order valence-corrected chi connectivity index (χ4v) is 4.60. The highest BCUT2D eigenvalue weighted by Gasteiger charge is 2.15. The Morgan fingerprint density at radius 2 is 1.77 bits per heavy atom. The van der Waals surface area contributed by atoms with Crippen LogP contribution in [0.4, 0.5) is 5.69 Å². The van der Waals surface area contributed by atoms with Crippen LogP contribution < -0.4 is 5.32 Å². The normalized spacial score (nSPS) is 11.8. The molecule has 4 rings (SSSR count). The van der Waals surface area contributed by atoms with Gasteiger partial charge in [0.25, 0.3) is 0 Å². The summed E-state index contributed by atoms with van der Waals surface area (Å²) in [5.41, 5.74) is 5.14. The number of fused-ring (bicyclic) bond motifs is 3. The number of aryl methyl sites for hydroxylation is 2. The lowest BCUT2D eigenvalue weighted by Crippen LogP contribution is -2.14. The predicted octanol–water partition coefficient (Wildman–Crippen LogP) is 3.86. The minimum absolute atomic E-state index is 0.0433. The number of rotatable bonds is 6. The van der Waals surface area contributed by atoms with Crippen LogP contribution in [-0.2, 0) is 21.1 Å². The van der Waals surface area contributed by atoms with Gasteiger partial charge in [-0.25, -0.2) is 17.9 Å². The highest BCUT2D eigenvalue weighted by atomic mass is 32.2. The monoisotopic (exact) mass is 436 g/mol. The van der Waals surface area contributed by atoms with Gasteiger partial charge in [0.05, 0.1) is 16.2 Å². The lowest BCUT2D eigenvalue weighted by atomic mass is 10.1. The Morgan fingerprint density at radius 1 is 1.06 bits per heavy atom. The summed E-state index contributed by atoms with van der Waals surface area (Å²) >= 11 is 0. The van der Waals surface area contributed by atoms with Crippen LogP contribution in [0.5, 0.6) is 0 Å². The first-order chi connectivity index (χ1) is 14.8. The fraction of sp³-hybridized carbons (Fsp3) is 0.261. The summed E-state index contributed by atoms with van der Waals surface area (Å²) < 4.78 is 25.7. The van der Waals surface area contributed by atoms with Crippen LogP contribution in [0.15, 0.2) is 53.4 Å². The smallest absolute Gasteiger partial charge is 0.224 e. The van der Waals surface area contributed by atoms with Gasteiger partial charge in [-0.2, -0.15) is 5.10 Å². The Kier molecular flexibility index (Phi) is 5.49. The number of carbonyl (C=O) groups is 1. The molecule has 0 fully saturated rings. The Bertz CT molecular complexity index is 1390. The van der Waals surface area contributed by atoms with E-state index in [1.54, 1.807) is 19.1 Å². The van der Waals surface area contributed by atoms with E-state index in [1.807, 2.05) is 42.6 Å². The number of amides is 1. The second kappa shape index (κ2) is 8.11. The largest absolute Gasteiger partial charge is 0.326 e. The summed E-state index contributed by atoms with van der Waals surface area (Å²) in [5.74, 6) is -0.0997. The quantitative estimate of drug-likeness (QED) is 0.495. The lowest BCUT2D eigenvalue weighted by molar-refractivity contribution is -0.116. The van der Waals surface area contributed by atoms with E-state index in [1.165, 1.54) is 12.1 Å². The molecule has 0 atom stereocenters. The third-order valence-corrected chi connectivity index (χ3v) is 7.25. The summed E-state index contributed by atoms with van der Waals surface area (Å²) in [4.78, 5) is 17.5. The van der Waals surface area contributed by atoms with Gasteiger partial charge in [0, 0.05) is 28.9 Å². The van der Waals surface area contributed by atoms with Crippen molar-refractivity contribution in [2.75, 3.05) is 11.1 Å². The number of anilines is 1. The zero-order valence-electron chi connectivity index (χ0n) is 17.7. The van der Waals surface area contributed by atoms with Crippen molar-refractivity contribution in [2.45, 2.75) is 38.5 Å². The number of nitrogens with one attached hydrogen (secondary N) is 1. The molecule has 2 aromatic carbocycles. The van der Waals surface area contributed by atoms with Gasteiger partial charge in [0.2, 0.25) is 5.91 Å². The van der Waals surface area contributed by atoms with E-state index in [-0.39, 0.29) is 23.0 Å². The van der Waals surface area contributed by atoms with Gasteiger partial charge < -0.3 is 5.32 Å². The summed E-state index contributed by atoms with van der Waals surface area (Å²) in [6, 6.07) is 14.1. The zero-order chi connectivity index (χ0) is 22.2. The van der Waals surface area contributed by atoms with Gasteiger partial charge in [-0.15, -0.1) is 0 Å². The number of aromatic nitrogens is 3. The molecular formula is C23H24N4O3S. The number of sulfone groups is 1. The summed E-state index contributed by atoms with van der Waals surface area (Å²) in [6.07, 6.45) is 0.815. The van der Waals surface area contributed by atoms with Crippen molar-refractivity contribution >= 4 is 38.0 Å². The molecule has 0 aliphatic rings. The number of hydrogen-bond donors (Lipinski definition) is 1. The van der Waals surface area contributed by atoms with Crippen molar-refractivity contribution in [3.63, 3.8) is 0 Å². The van der Waals surface area contributed by atoms with Crippen LogP contribution in [0.25, 0.3) is 16.6 Å². The molecule has 0 unspecified atom stereocenters. The Balaban J connectivity index is 1.50. The van der Waals surface area contributed by atoms with Crippen LogP contribution in [0.2, 0.25) is 0 Å². The fourth-order valence-electron chi connectivity index (χ4n) is 3.71. The molecule has 0 saturated carbocycles. The average molecular weight is 437 g/mol. The molecule has 4 aromatic rings. The van der Waals surface area contributed by atoms with E-state index in [4.69, 9.17) is 4.98 Å². The maximum absolute atomic E-state index is 12.5. The molecule has 0 aliphatic carbocycles. The van der Waals surface area contributed by atoms with E-state index < -0.39 is 9.84 Å². The first-order valence-corrected chi connectivity index (χ1v) is 11.8. The van der Waals surface area contributed by atoms with E-state index in [0.717, 1.165) is 33.5 Å². The maximum Gasteiger partial charge on any atom is 0.224 e. The summed E-state index contributed by atoms with van der Waals surface area (Å²) in [7, 11) is -3.25. The molecule has 7 nitrogen and oxygen atoms in total. The van der Waals surface area contributed by atoms with Gasteiger partial charge in [0.1, 0.15) is 0 Å². The van der Waals surface area contributed by atoms with Crippen LogP contribution >= 0.6 is 0 Å². The standard InChI is InChI=1S/C23H24N4O3S/c1-4-31(29,30)18-11-9-17(10-12-18)25-22(28)14-13-19-15(2)24-23-20-7-5-6-8-21(20)26-27(23)16(19)3/h5-12H,4,13-14H2,1-3H3,(H,25,28). The zero-order valence-corrected chi connectivity index (χ0v) is 18.5. The van der Waals surface area contributed by atoms with E-state index in [0.29, 0.717) is 12.1 Å². The second-order valence-electron chi connectivity index (χ2n) is 7.49. The topological polar surface area (TPSA) is 93.4 Å². The minimum Gasteiger partial charge on any atom is -0.326 e. The Hall–Kier alpha value is -3.26. The molecule has 0 bridgehead atoms. The molecule has 0 aliphatic heterocycles. The van der Waals surface area contributed by atoms with Crippen molar-refractivity contribution in [3.8, 4) is 0 Å². The number of nitrogens with zero attached hydrogens (tertiary/aromatic N) is 3. The van der Waals surface area contributed by atoms with Crippen molar-refractivity contribution in [2.24, 2.45) is 0 Å². The van der Waals surface area contributed by atoms with Crippen LogP contribution in [0.1, 0.15) is 30.3 Å². The Morgan fingerprint density at radius 3 is 2.48 bits per heavy atom. The third-order valence-electron chi connectivity index (χ3n) is 5.50. The van der Waals surface area contributed by atoms with Crippen molar-refractivity contribution in [3.05, 3.63) is 65.5 Å². The maximum atomic E-state index is 12.5. The van der Waals surface area contributed by atoms with Crippen molar-refractivity contribution in [1.29, 1.82) is 0 Å². The molecule has 0 spiro atoms. The number of carbonyl (C=O) groups excluding carboxylic acids is 1. The first-order valence-electron chi connectivity index (χ1n) is 10.2. The average Bonchev–Trinajstić information content (AvgIpc) is 3.13. The van der Waals surface area contributed by atoms with Gasteiger partial charge in [-0.1, -0.05) is 19.1 Å². The SMILES string of the molecule is CCS(=O)(=O)c1ccc(NC(=O)CCc2c(C)nc3c4ccccc4nn3c2C)cc1. The van der Waals surface area contributed by atoms with E-state index >= 15 is 0 Å². The van der Waals surface area contributed by atoms with Crippen LogP contribution in [0, 0.1) is 13.8 Å². The molecule has 2 aromatic heterocycles. The highest BCUT2D eigenvalue weighted by molar-refractivity contribution is 7.91. The summed E-state index contributed by atoms with van der Waals surface area (Å²) in [5, 5.41) is 8.49. The minimum atomic E-state index is -3.25. The molecule has 1 amide bonds. The molecule has 31 heavy (non-hydrogen) atoms. The highest BCUT2D eigenvalue weighted by Crippen LogP contribution is 2.23. The number of hydrogen-bond acceptors (Lipinski definition) is 5. The first kappa shape index (κ1) is 21.0. The lowest BCUT2D eigenvalue weighted by Gasteiger charge is -2.11. The van der Waals surface area contributed by atoms with Crippen LogP contribution in [0.3, 0.4) is 0 Å². The third kappa shape index (κ3) is 4.03. The molecule has 1 N–H and O–H groups in total. The van der Waals surface area contributed by atoms with Crippen molar-refractivity contribution < 1.29 is 13.2 Å². The van der Waals surface area contributed by atoms with Crippen LogP contribution in [-0.4, -0.2) is 34.7 Å².